The van der Waals surface area contributed by atoms with E-state index in [-0.39, 0.29) is 4.90 Å². The Morgan fingerprint density at radius 3 is 2.74 bits per heavy atom. The number of benzene rings is 1. The van der Waals surface area contributed by atoms with Crippen molar-refractivity contribution in [3.05, 3.63) is 72.2 Å². The van der Waals surface area contributed by atoms with Crippen LogP contribution in [0, 0.1) is 0 Å². The molecule has 160 valence electrons. The van der Waals surface area contributed by atoms with E-state index in [1.165, 1.54) is 12.3 Å². The highest BCUT2D eigenvalue weighted by Gasteiger charge is 2.28. The lowest BCUT2D eigenvalue weighted by Crippen LogP contribution is -2.31. The standard InChI is InChI=1S/C22H21N3O5S/c26-22(27)14-30-21-8-2-5-17-18(21)6-1-7-20(17)25-31(28,29)16-9-10-19(24-13-16)15-4-3-11-23-12-15/h2-5,8-13,20,25H,1,6-7,14H2,(H,26,27). The Bertz CT molecular complexity index is 1180. The summed E-state index contributed by atoms with van der Waals surface area (Å²) in [4.78, 5) is 19.2. The smallest absolute Gasteiger partial charge is 0.341 e. The van der Waals surface area contributed by atoms with Gasteiger partial charge in [-0.15, -0.1) is 0 Å². The summed E-state index contributed by atoms with van der Waals surface area (Å²) in [5.41, 5.74) is 3.08. The fourth-order valence-electron chi connectivity index (χ4n) is 3.69. The first-order chi connectivity index (χ1) is 14.9. The van der Waals surface area contributed by atoms with Crippen LogP contribution in [0.25, 0.3) is 11.3 Å². The van der Waals surface area contributed by atoms with E-state index in [0.717, 1.165) is 23.1 Å². The Morgan fingerprint density at radius 2 is 2.03 bits per heavy atom. The molecule has 2 aromatic heterocycles. The normalized spacial score (nSPS) is 15.8. The number of carboxylic acid groups (broad SMARTS) is 1. The molecule has 1 atom stereocenters. The highest BCUT2D eigenvalue weighted by atomic mass is 32.2. The molecule has 1 aromatic carbocycles. The Balaban J connectivity index is 1.56. The number of rotatable bonds is 7. The number of carbonyl (C=O) groups is 1. The number of nitrogens with one attached hydrogen (secondary N) is 1. The molecule has 8 nitrogen and oxygen atoms in total. The van der Waals surface area contributed by atoms with Crippen molar-refractivity contribution < 1.29 is 23.1 Å². The second-order valence-electron chi connectivity index (χ2n) is 7.19. The molecule has 0 bridgehead atoms. The Morgan fingerprint density at radius 1 is 1.16 bits per heavy atom. The van der Waals surface area contributed by atoms with Crippen LogP contribution in [0.15, 0.2) is 66.0 Å². The topological polar surface area (TPSA) is 118 Å². The zero-order valence-corrected chi connectivity index (χ0v) is 17.4. The van der Waals surface area contributed by atoms with E-state index in [1.54, 1.807) is 36.7 Å². The molecule has 4 rings (SSSR count). The van der Waals surface area contributed by atoms with E-state index in [2.05, 4.69) is 14.7 Å². The van der Waals surface area contributed by atoms with Gasteiger partial charge in [-0.3, -0.25) is 9.97 Å². The molecule has 0 aliphatic heterocycles. The van der Waals surface area contributed by atoms with Crippen LogP contribution < -0.4 is 9.46 Å². The lowest BCUT2D eigenvalue weighted by Gasteiger charge is -2.27. The predicted octanol–water partition coefficient (Wildman–Crippen LogP) is 2.96. The van der Waals surface area contributed by atoms with E-state index >= 15 is 0 Å². The third kappa shape index (κ3) is 4.73. The zero-order chi connectivity index (χ0) is 21.8. The van der Waals surface area contributed by atoms with Gasteiger partial charge in [0.25, 0.3) is 0 Å². The van der Waals surface area contributed by atoms with Crippen LogP contribution in [0.1, 0.15) is 30.0 Å². The lowest BCUT2D eigenvalue weighted by atomic mass is 9.87. The molecule has 1 aliphatic rings. The van der Waals surface area contributed by atoms with Crippen molar-refractivity contribution in [2.24, 2.45) is 0 Å². The van der Waals surface area contributed by atoms with Gasteiger partial charge in [0, 0.05) is 30.2 Å². The van der Waals surface area contributed by atoms with Crippen LogP contribution in [0.3, 0.4) is 0 Å². The number of hydrogen-bond acceptors (Lipinski definition) is 6. The average Bonchev–Trinajstić information content (AvgIpc) is 2.78. The summed E-state index contributed by atoms with van der Waals surface area (Å²) in [5.74, 6) is -0.584. The number of ether oxygens (including phenoxy) is 1. The third-order valence-electron chi connectivity index (χ3n) is 5.12. The van der Waals surface area contributed by atoms with E-state index in [4.69, 9.17) is 9.84 Å². The molecular formula is C22H21N3O5S. The number of aliphatic carboxylic acids is 1. The van der Waals surface area contributed by atoms with Gasteiger partial charge in [0.1, 0.15) is 10.6 Å². The third-order valence-corrected chi connectivity index (χ3v) is 6.57. The molecule has 9 heteroatoms. The van der Waals surface area contributed by atoms with Gasteiger partial charge in [0.15, 0.2) is 6.61 Å². The van der Waals surface area contributed by atoms with Crippen molar-refractivity contribution in [3.8, 4) is 17.0 Å². The van der Waals surface area contributed by atoms with Crippen LogP contribution in [-0.2, 0) is 21.2 Å². The number of carboxylic acids is 1. The average molecular weight is 439 g/mol. The highest BCUT2D eigenvalue weighted by Crippen LogP contribution is 2.36. The van der Waals surface area contributed by atoms with Gasteiger partial charge in [-0.05, 0) is 60.7 Å². The number of pyridine rings is 2. The molecule has 0 saturated carbocycles. The molecule has 0 spiro atoms. The van der Waals surface area contributed by atoms with Gasteiger partial charge in [-0.1, -0.05) is 12.1 Å². The molecule has 1 unspecified atom stereocenters. The fourth-order valence-corrected chi connectivity index (χ4v) is 4.89. The SMILES string of the molecule is O=C(O)COc1cccc2c1CCCC2NS(=O)(=O)c1ccc(-c2cccnc2)nc1. The van der Waals surface area contributed by atoms with E-state index in [0.29, 0.717) is 24.3 Å². The number of aromatic nitrogens is 2. The first-order valence-electron chi connectivity index (χ1n) is 9.79. The van der Waals surface area contributed by atoms with Crippen LogP contribution in [0.2, 0.25) is 0 Å². The second-order valence-corrected chi connectivity index (χ2v) is 8.91. The molecule has 1 aliphatic carbocycles. The number of hydrogen-bond donors (Lipinski definition) is 2. The quantitative estimate of drug-likeness (QED) is 0.581. The summed E-state index contributed by atoms with van der Waals surface area (Å²) in [6.45, 7) is -0.443. The van der Waals surface area contributed by atoms with Crippen molar-refractivity contribution in [3.63, 3.8) is 0 Å². The van der Waals surface area contributed by atoms with Gasteiger partial charge in [-0.25, -0.2) is 17.9 Å². The minimum Gasteiger partial charge on any atom is -0.482 e. The maximum atomic E-state index is 13.0. The number of sulfonamides is 1. The fraction of sp³-hybridized carbons (Fsp3) is 0.227. The maximum absolute atomic E-state index is 13.0. The molecular weight excluding hydrogens is 418 g/mol. The minimum atomic E-state index is -3.80. The van der Waals surface area contributed by atoms with Crippen LogP contribution in [-0.4, -0.2) is 36.1 Å². The molecule has 31 heavy (non-hydrogen) atoms. The van der Waals surface area contributed by atoms with Crippen molar-refractivity contribution in [2.45, 2.75) is 30.2 Å². The van der Waals surface area contributed by atoms with Crippen LogP contribution >= 0.6 is 0 Å². The van der Waals surface area contributed by atoms with Crippen molar-refractivity contribution >= 4 is 16.0 Å². The lowest BCUT2D eigenvalue weighted by molar-refractivity contribution is -0.139. The number of nitrogens with zero attached hydrogens (tertiary/aromatic N) is 2. The second kappa shape index (κ2) is 8.83. The van der Waals surface area contributed by atoms with Crippen molar-refractivity contribution in [1.29, 1.82) is 0 Å². The van der Waals surface area contributed by atoms with Gasteiger partial charge in [-0.2, -0.15) is 0 Å². The molecule has 0 fully saturated rings. The Kier molecular flexibility index (Phi) is 5.97. The summed E-state index contributed by atoms with van der Waals surface area (Å²) in [5, 5.41) is 8.88. The molecule has 3 aromatic rings. The van der Waals surface area contributed by atoms with Gasteiger partial charge < -0.3 is 9.84 Å². The molecule has 0 radical (unpaired) electrons. The zero-order valence-electron chi connectivity index (χ0n) is 16.6. The maximum Gasteiger partial charge on any atom is 0.341 e. The van der Waals surface area contributed by atoms with E-state index in [9.17, 15) is 13.2 Å². The molecule has 2 heterocycles. The molecule has 0 saturated heterocycles. The largest absolute Gasteiger partial charge is 0.482 e. The van der Waals surface area contributed by atoms with Crippen molar-refractivity contribution in [2.75, 3.05) is 6.61 Å². The van der Waals surface area contributed by atoms with Crippen LogP contribution in [0.4, 0.5) is 0 Å². The minimum absolute atomic E-state index is 0.0746. The summed E-state index contributed by atoms with van der Waals surface area (Å²) in [7, 11) is -3.80. The van der Waals surface area contributed by atoms with E-state index < -0.39 is 28.6 Å². The Hall–Kier alpha value is -3.30. The highest BCUT2D eigenvalue weighted by molar-refractivity contribution is 7.89. The molecule has 0 amide bonds. The summed E-state index contributed by atoms with van der Waals surface area (Å²) in [6.07, 6.45) is 6.75. The first kappa shape index (κ1) is 21.0. The summed E-state index contributed by atoms with van der Waals surface area (Å²) >= 11 is 0. The summed E-state index contributed by atoms with van der Waals surface area (Å²) in [6, 6.07) is 11.7. The summed E-state index contributed by atoms with van der Waals surface area (Å²) < 4.78 is 34.1. The Labute approximate surface area is 180 Å². The van der Waals surface area contributed by atoms with Gasteiger partial charge in [0.05, 0.1) is 5.69 Å². The van der Waals surface area contributed by atoms with Gasteiger partial charge in [0.2, 0.25) is 10.0 Å². The monoisotopic (exact) mass is 439 g/mol. The van der Waals surface area contributed by atoms with Crippen molar-refractivity contribution in [1.82, 2.24) is 14.7 Å². The van der Waals surface area contributed by atoms with Crippen LogP contribution in [0.5, 0.6) is 5.75 Å². The number of fused-ring (bicyclic) bond motifs is 1. The molecule has 2 N–H and O–H groups in total. The van der Waals surface area contributed by atoms with E-state index in [1.807, 2.05) is 12.1 Å². The first-order valence-corrected chi connectivity index (χ1v) is 11.3. The predicted molar refractivity (Wildman–Crippen MR) is 113 cm³/mol. The van der Waals surface area contributed by atoms with Gasteiger partial charge >= 0.3 is 5.97 Å².